The number of nitrogens with zero attached hydrogens (tertiary/aromatic N) is 2. The Hall–Kier alpha value is -3.91. The van der Waals surface area contributed by atoms with Gasteiger partial charge in [0.25, 0.3) is 0 Å². The lowest BCUT2D eigenvalue weighted by Crippen LogP contribution is -2.37. The SMILES string of the molecule is CCCCn1c(C)c2c(c1C)C=CC(=C/C=C/C1=CC(=C/C=C/c3ccc4c(C)[n+](CCCC)c(C)c-4cc3)/CC(C)(C)C1)C=C2. The van der Waals surface area contributed by atoms with E-state index in [-0.39, 0.29) is 5.41 Å². The van der Waals surface area contributed by atoms with Gasteiger partial charge in [0.1, 0.15) is 6.54 Å². The van der Waals surface area contributed by atoms with E-state index >= 15 is 0 Å². The van der Waals surface area contributed by atoms with Gasteiger partial charge in [-0.1, -0.05) is 120 Å². The molecule has 46 heavy (non-hydrogen) atoms. The Morgan fingerprint density at radius 2 is 1.35 bits per heavy atom. The molecule has 240 valence electrons. The molecule has 0 fully saturated rings. The highest BCUT2D eigenvalue weighted by Crippen LogP contribution is 2.38. The first-order valence-corrected chi connectivity index (χ1v) is 17.6. The lowest BCUT2D eigenvalue weighted by molar-refractivity contribution is -0.704. The van der Waals surface area contributed by atoms with Gasteiger partial charge in [-0.3, -0.25) is 0 Å². The summed E-state index contributed by atoms with van der Waals surface area (Å²) >= 11 is 0. The molecule has 2 heterocycles. The number of rotatable bonds is 10. The van der Waals surface area contributed by atoms with Crippen molar-refractivity contribution in [3.05, 3.63) is 129 Å². The Kier molecular flexibility index (Phi) is 10.7. The van der Waals surface area contributed by atoms with Gasteiger partial charge in [0.15, 0.2) is 11.4 Å². The van der Waals surface area contributed by atoms with E-state index < -0.39 is 0 Å². The first-order chi connectivity index (χ1) is 22.1. The van der Waals surface area contributed by atoms with Crippen LogP contribution in [-0.2, 0) is 13.1 Å². The summed E-state index contributed by atoms with van der Waals surface area (Å²) in [5.74, 6) is 0. The van der Waals surface area contributed by atoms with Crippen LogP contribution in [0.1, 0.15) is 106 Å². The number of fused-ring (bicyclic) bond motifs is 2. The molecule has 0 radical (unpaired) electrons. The van der Waals surface area contributed by atoms with Crippen LogP contribution in [0.2, 0.25) is 0 Å². The molecule has 0 unspecified atom stereocenters. The average molecular weight is 612 g/mol. The minimum atomic E-state index is 0.239. The monoisotopic (exact) mass is 611 g/mol. The molecular formula is C44H55N2+. The number of aromatic nitrogens is 2. The summed E-state index contributed by atoms with van der Waals surface area (Å²) in [6.45, 7) is 20.6. The molecule has 2 nitrogen and oxygen atoms in total. The molecule has 1 aromatic heterocycles. The van der Waals surface area contributed by atoms with Gasteiger partial charge in [0, 0.05) is 49.3 Å². The summed E-state index contributed by atoms with van der Waals surface area (Å²) in [5, 5.41) is 0. The molecule has 5 rings (SSSR count). The standard InChI is InChI=1S/C44H55N2/c1-9-11-27-45-32(3)40-23-19-36(20-24-41(40)33(45)4)15-13-17-38-29-39(31-44(7,8)30-38)18-14-16-37-21-25-42-34(5)46(28-12-10-2)35(6)43(42)26-22-37/h13-26,29H,9-12,27-28,30-31H2,1-8H3/q+1. The molecule has 0 saturated carbocycles. The summed E-state index contributed by atoms with van der Waals surface area (Å²) < 4.78 is 4.97. The molecule has 0 aromatic carbocycles. The van der Waals surface area contributed by atoms with Gasteiger partial charge in [0.05, 0.1) is 11.1 Å². The molecule has 0 atom stereocenters. The van der Waals surface area contributed by atoms with Gasteiger partial charge in [-0.05, 0) is 72.9 Å². The van der Waals surface area contributed by atoms with Crippen LogP contribution < -0.4 is 4.57 Å². The molecule has 1 aromatic rings. The van der Waals surface area contributed by atoms with Crippen molar-refractivity contribution in [1.82, 2.24) is 4.57 Å². The molecule has 2 heteroatoms. The minimum absolute atomic E-state index is 0.239. The topological polar surface area (TPSA) is 8.81 Å². The number of hydrogen-bond donors (Lipinski definition) is 0. The van der Waals surface area contributed by atoms with E-state index in [1.165, 1.54) is 93.0 Å². The summed E-state index contributed by atoms with van der Waals surface area (Å²) in [7, 11) is 0. The maximum atomic E-state index is 2.49. The Bertz CT molecular complexity index is 1680. The maximum Gasteiger partial charge on any atom is 0.186 e. The van der Waals surface area contributed by atoms with E-state index in [2.05, 4.69) is 156 Å². The fourth-order valence-electron chi connectivity index (χ4n) is 7.35. The third-order valence-electron chi connectivity index (χ3n) is 9.93. The second-order valence-corrected chi connectivity index (χ2v) is 14.2. The summed E-state index contributed by atoms with van der Waals surface area (Å²) in [5.41, 5.74) is 16.4. The summed E-state index contributed by atoms with van der Waals surface area (Å²) in [4.78, 5) is 0. The highest BCUT2D eigenvalue weighted by molar-refractivity contribution is 5.75. The van der Waals surface area contributed by atoms with E-state index in [0.29, 0.717) is 0 Å². The van der Waals surface area contributed by atoms with Crippen LogP contribution in [0.3, 0.4) is 0 Å². The molecular weight excluding hydrogens is 556 g/mol. The second kappa shape index (κ2) is 14.7. The van der Waals surface area contributed by atoms with E-state index in [4.69, 9.17) is 0 Å². The number of hydrogen-bond acceptors (Lipinski definition) is 0. The third-order valence-corrected chi connectivity index (χ3v) is 9.93. The molecule has 0 spiro atoms. The van der Waals surface area contributed by atoms with Crippen LogP contribution in [0.15, 0.2) is 89.6 Å². The van der Waals surface area contributed by atoms with Gasteiger partial charge < -0.3 is 4.57 Å². The maximum absolute atomic E-state index is 2.49. The van der Waals surface area contributed by atoms with Gasteiger partial charge in [0.2, 0.25) is 0 Å². The van der Waals surface area contributed by atoms with Crippen LogP contribution in [0.4, 0.5) is 0 Å². The fraction of sp³-hybridized carbons (Fsp3) is 0.386. The van der Waals surface area contributed by atoms with Crippen molar-refractivity contribution < 1.29 is 4.57 Å². The molecule has 0 bridgehead atoms. The van der Waals surface area contributed by atoms with Gasteiger partial charge in [-0.15, -0.1) is 0 Å². The highest BCUT2D eigenvalue weighted by atomic mass is 15.0. The van der Waals surface area contributed by atoms with E-state index in [1.807, 2.05) is 0 Å². The van der Waals surface area contributed by atoms with Crippen molar-refractivity contribution in [2.75, 3.05) is 0 Å². The molecule has 3 aliphatic carbocycles. The van der Waals surface area contributed by atoms with Gasteiger partial charge in [-0.25, -0.2) is 0 Å². The zero-order chi connectivity index (χ0) is 32.8. The van der Waals surface area contributed by atoms with E-state index in [9.17, 15) is 0 Å². The predicted molar refractivity (Wildman–Crippen MR) is 200 cm³/mol. The van der Waals surface area contributed by atoms with Crippen molar-refractivity contribution >= 4 is 18.2 Å². The number of allylic oxidation sites excluding steroid dienone is 11. The van der Waals surface area contributed by atoms with Crippen molar-refractivity contribution in [2.45, 2.75) is 107 Å². The van der Waals surface area contributed by atoms with E-state index in [0.717, 1.165) is 25.9 Å². The van der Waals surface area contributed by atoms with Gasteiger partial charge in [-0.2, -0.15) is 4.57 Å². The summed E-state index contributed by atoms with van der Waals surface area (Å²) in [6, 6.07) is 9.13. The predicted octanol–water partition coefficient (Wildman–Crippen LogP) is 11.6. The van der Waals surface area contributed by atoms with Crippen molar-refractivity contribution in [1.29, 1.82) is 0 Å². The second-order valence-electron chi connectivity index (χ2n) is 14.2. The normalized spacial score (nSPS) is 17.0. The number of unbranched alkanes of at least 4 members (excludes halogenated alkanes) is 2. The fourth-order valence-corrected chi connectivity index (χ4v) is 7.35. The van der Waals surface area contributed by atoms with Gasteiger partial charge >= 0.3 is 0 Å². The molecule has 0 saturated heterocycles. The van der Waals surface area contributed by atoms with Crippen LogP contribution in [0.25, 0.3) is 29.4 Å². The first-order valence-electron chi connectivity index (χ1n) is 17.6. The Morgan fingerprint density at radius 3 is 1.96 bits per heavy atom. The minimum Gasteiger partial charge on any atom is -0.348 e. The smallest absolute Gasteiger partial charge is 0.186 e. The first kappa shape index (κ1) is 33.5. The zero-order valence-corrected chi connectivity index (χ0v) is 29.7. The molecule has 1 aliphatic heterocycles. The van der Waals surface area contributed by atoms with E-state index in [1.54, 1.807) is 0 Å². The van der Waals surface area contributed by atoms with Crippen molar-refractivity contribution in [3.63, 3.8) is 0 Å². The quantitative estimate of drug-likeness (QED) is 0.202. The van der Waals surface area contributed by atoms with Crippen LogP contribution in [0.5, 0.6) is 0 Å². The Balaban J connectivity index is 1.30. The lowest BCUT2D eigenvalue weighted by atomic mass is 9.75. The average Bonchev–Trinajstić information content (AvgIpc) is 3.21. The lowest BCUT2D eigenvalue weighted by Gasteiger charge is -2.30. The third kappa shape index (κ3) is 7.55. The summed E-state index contributed by atoms with van der Waals surface area (Å²) in [6.07, 6.45) is 32.1. The van der Waals surface area contributed by atoms with Crippen LogP contribution in [-0.4, -0.2) is 4.57 Å². The highest BCUT2D eigenvalue weighted by Gasteiger charge is 2.25. The van der Waals surface area contributed by atoms with Crippen LogP contribution >= 0.6 is 0 Å². The largest absolute Gasteiger partial charge is 0.348 e. The Labute approximate surface area is 279 Å². The van der Waals surface area contributed by atoms with Crippen LogP contribution in [0, 0.1) is 33.1 Å². The molecule has 4 aliphatic rings. The zero-order valence-electron chi connectivity index (χ0n) is 29.7. The molecule has 0 amide bonds. The Morgan fingerprint density at radius 1 is 0.739 bits per heavy atom. The molecule has 0 N–H and O–H groups in total. The van der Waals surface area contributed by atoms with Crippen molar-refractivity contribution in [3.8, 4) is 11.1 Å². The van der Waals surface area contributed by atoms with Crippen molar-refractivity contribution in [2.24, 2.45) is 5.41 Å².